The lowest BCUT2D eigenvalue weighted by Gasteiger charge is -2.09. The standard InChI is InChI=1S/C13H18O2/c1-2-3-4-5-12-9-10-8-11(14)6-7-13(10)15-12/h6-8,12,14H,2-5,9H2,1H3. The third-order valence-electron chi connectivity index (χ3n) is 2.91. The van der Waals surface area contributed by atoms with Crippen molar-refractivity contribution in [2.45, 2.75) is 45.1 Å². The van der Waals surface area contributed by atoms with Gasteiger partial charge in [0, 0.05) is 12.0 Å². The molecule has 1 unspecified atom stereocenters. The molecule has 0 radical (unpaired) electrons. The summed E-state index contributed by atoms with van der Waals surface area (Å²) in [4.78, 5) is 0. The van der Waals surface area contributed by atoms with Gasteiger partial charge in [-0.05, 0) is 31.0 Å². The van der Waals surface area contributed by atoms with Crippen molar-refractivity contribution in [3.63, 3.8) is 0 Å². The van der Waals surface area contributed by atoms with E-state index in [-0.39, 0.29) is 0 Å². The van der Waals surface area contributed by atoms with E-state index in [4.69, 9.17) is 4.74 Å². The zero-order valence-corrected chi connectivity index (χ0v) is 9.20. The molecule has 2 rings (SSSR count). The van der Waals surface area contributed by atoms with E-state index in [1.807, 2.05) is 12.1 Å². The summed E-state index contributed by atoms with van der Waals surface area (Å²) >= 11 is 0. The van der Waals surface area contributed by atoms with Crippen LogP contribution in [0, 0.1) is 0 Å². The quantitative estimate of drug-likeness (QED) is 0.766. The van der Waals surface area contributed by atoms with Gasteiger partial charge in [0.2, 0.25) is 0 Å². The first-order valence-corrected chi connectivity index (χ1v) is 5.78. The maximum absolute atomic E-state index is 9.34. The minimum atomic E-state index is 0.327. The van der Waals surface area contributed by atoms with Crippen molar-refractivity contribution < 1.29 is 9.84 Å². The van der Waals surface area contributed by atoms with Crippen LogP contribution in [0.3, 0.4) is 0 Å². The molecule has 0 saturated carbocycles. The molecule has 1 aromatic rings. The lowest BCUT2D eigenvalue weighted by molar-refractivity contribution is 0.216. The van der Waals surface area contributed by atoms with E-state index < -0.39 is 0 Å². The van der Waals surface area contributed by atoms with Crippen LogP contribution in [0.25, 0.3) is 0 Å². The van der Waals surface area contributed by atoms with E-state index in [0.717, 1.165) is 24.2 Å². The van der Waals surface area contributed by atoms with Crippen molar-refractivity contribution in [3.8, 4) is 11.5 Å². The van der Waals surface area contributed by atoms with Gasteiger partial charge in [-0.1, -0.05) is 19.8 Å². The fourth-order valence-corrected chi connectivity index (χ4v) is 2.09. The molecule has 1 aromatic carbocycles. The van der Waals surface area contributed by atoms with Gasteiger partial charge in [0.1, 0.15) is 17.6 Å². The lowest BCUT2D eigenvalue weighted by Crippen LogP contribution is -2.12. The molecule has 0 spiro atoms. The number of phenols is 1. The smallest absolute Gasteiger partial charge is 0.123 e. The second kappa shape index (κ2) is 4.56. The Labute approximate surface area is 90.9 Å². The number of hydrogen-bond acceptors (Lipinski definition) is 2. The molecule has 1 aliphatic heterocycles. The molecular formula is C13H18O2. The van der Waals surface area contributed by atoms with E-state index in [1.54, 1.807) is 6.07 Å². The van der Waals surface area contributed by atoms with Crippen LogP contribution in [0.2, 0.25) is 0 Å². The Hall–Kier alpha value is -1.18. The summed E-state index contributed by atoms with van der Waals surface area (Å²) in [6.07, 6.45) is 6.17. The zero-order chi connectivity index (χ0) is 10.7. The van der Waals surface area contributed by atoms with Gasteiger partial charge in [0.25, 0.3) is 0 Å². The topological polar surface area (TPSA) is 29.5 Å². The molecule has 0 aromatic heterocycles. The molecule has 1 aliphatic rings. The second-order valence-electron chi connectivity index (χ2n) is 4.23. The second-order valence-corrected chi connectivity index (χ2v) is 4.23. The molecule has 0 amide bonds. The van der Waals surface area contributed by atoms with Crippen molar-refractivity contribution in [1.29, 1.82) is 0 Å². The Bertz CT molecular complexity index is 333. The molecule has 82 valence electrons. The molecule has 2 nitrogen and oxygen atoms in total. The minimum Gasteiger partial charge on any atom is -0.508 e. The van der Waals surface area contributed by atoms with Gasteiger partial charge in [0.05, 0.1) is 0 Å². The Balaban J connectivity index is 1.91. The van der Waals surface area contributed by atoms with E-state index in [0.29, 0.717) is 11.9 Å². The molecule has 0 fully saturated rings. The van der Waals surface area contributed by atoms with E-state index in [2.05, 4.69) is 6.92 Å². The number of hydrogen-bond donors (Lipinski definition) is 1. The number of rotatable bonds is 4. The molecular weight excluding hydrogens is 188 g/mol. The molecule has 0 saturated heterocycles. The Kier molecular flexibility index (Phi) is 3.14. The minimum absolute atomic E-state index is 0.327. The first-order chi connectivity index (χ1) is 7.29. The highest BCUT2D eigenvalue weighted by atomic mass is 16.5. The van der Waals surface area contributed by atoms with Gasteiger partial charge in [-0.25, -0.2) is 0 Å². The van der Waals surface area contributed by atoms with Crippen LogP contribution in [-0.2, 0) is 6.42 Å². The van der Waals surface area contributed by atoms with Crippen molar-refractivity contribution in [1.82, 2.24) is 0 Å². The molecule has 1 heterocycles. The first-order valence-electron chi connectivity index (χ1n) is 5.78. The zero-order valence-electron chi connectivity index (χ0n) is 9.20. The molecule has 15 heavy (non-hydrogen) atoms. The number of fused-ring (bicyclic) bond motifs is 1. The molecule has 0 aliphatic carbocycles. The average molecular weight is 206 g/mol. The highest BCUT2D eigenvalue weighted by Crippen LogP contribution is 2.33. The molecule has 2 heteroatoms. The Morgan fingerprint density at radius 1 is 1.40 bits per heavy atom. The lowest BCUT2D eigenvalue weighted by atomic mass is 10.0. The van der Waals surface area contributed by atoms with Crippen molar-refractivity contribution in [2.75, 3.05) is 0 Å². The van der Waals surface area contributed by atoms with Gasteiger partial charge in [-0.3, -0.25) is 0 Å². The maximum Gasteiger partial charge on any atom is 0.123 e. The summed E-state index contributed by atoms with van der Waals surface area (Å²) in [5.41, 5.74) is 1.15. The molecule has 1 atom stereocenters. The van der Waals surface area contributed by atoms with E-state index >= 15 is 0 Å². The van der Waals surface area contributed by atoms with Crippen LogP contribution >= 0.6 is 0 Å². The van der Waals surface area contributed by atoms with Crippen molar-refractivity contribution >= 4 is 0 Å². The summed E-state index contributed by atoms with van der Waals surface area (Å²) in [5, 5.41) is 9.34. The van der Waals surface area contributed by atoms with Crippen LogP contribution in [0.15, 0.2) is 18.2 Å². The van der Waals surface area contributed by atoms with Gasteiger partial charge in [0.15, 0.2) is 0 Å². The van der Waals surface area contributed by atoms with Gasteiger partial charge >= 0.3 is 0 Å². The fraction of sp³-hybridized carbons (Fsp3) is 0.538. The number of ether oxygens (including phenoxy) is 1. The van der Waals surface area contributed by atoms with Crippen LogP contribution in [0.4, 0.5) is 0 Å². The predicted molar refractivity (Wildman–Crippen MR) is 60.4 cm³/mol. The number of unbranched alkanes of at least 4 members (excludes halogenated alkanes) is 2. The van der Waals surface area contributed by atoms with Crippen LogP contribution in [-0.4, -0.2) is 11.2 Å². The molecule has 1 N–H and O–H groups in total. The summed E-state index contributed by atoms with van der Waals surface area (Å²) in [6, 6.07) is 5.37. The Morgan fingerprint density at radius 3 is 3.07 bits per heavy atom. The number of benzene rings is 1. The molecule has 0 bridgehead atoms. The summed E-state index contributed by atoms with van der Waals surface area (Å²) in [6.45, 7) is 2.21. The Morgan fingerprint density at radius 2 is 2.27 bits per heavy atom. The highest BCUT2D eigenvalue weighted by Gasteiger charge is 2.22. The van der Waals surface area contributed by atoms with E-state index in [9.17, 15) is 5.11 Å². The van der Waals surface area contributed by atoms with Crippen LogP contribution in [0.5, 0.6) is 11.5 Å². The fourth-order valence-electron chi connectivity index (χ4n) is 2.09. The summed E-state index contributed by atoms with van der Waals surface area (Å²) in [5.74, 6) is 1.29. The van der Waals surface area contributed by atoms with Crippen LogP contribution in [0.1, 0.15) is 38.2 Å². The number of aromatic hydroxyl groups is 1. The van der Waals surface area contributed by atoms with E-state index in [1.165, 1.54) is 19.3 Å². The van der Waals surface area contributed by atoms with Gasteiger partial charge < -0.3 is 9.84 Å². The van der Waals surface area contributed by atoms with Gasteiger partial charge in [-0.2, -0.15) is 0 Å². The first kappa shape index (κ1) is 10.3. The van der Waals surface area contributed by atoms with Gasteiger partial charge in [-0.15, -0.1) is 0 Å². The van der Waals surface area contributed by atoms with Crippen LogP contribution < -0.4 is 4.74 Å². The SMILES string of the molecule is CCCCCC1Cc2cc(O)ccc2O1. The highest BCUT2D eigenvalue weighted by molar-refractivity contribution is 5.42. The third kappa shape index (κ3) is 2.44. The maximum atomic E-state index is 9.34. The summed E-state index contributed by atoms with van der Waals surface area (Å²) in [7, 11) is 0. The summed E-state index contributed by atoms with van der Waals surface area (Å²) < 4.78 is 5.80. The number of phenolic OH excluding ortho intramolecular Hbond substituents is 1. The van der Waals surface area contributed by atoms with Crippen molar-refractivity contribution in [2.24, 2.45) is 0 Å². The predicted octanol–water partition coefficient (Wildman–Crippen LogP) is 3.28. The largest absolute Gasteiger partial charge is 0.508 e. The normalized spacial score (nSPS) is 18.6. The average Bonchev–Trinajstić information content (AvgIpc) is 2.60. The monoisotopic (exact) mass is 206 g/mol. The van der Waals surface area contributed by atoms with Crippen molar-refractivity contribution in [3.05, 3.63) is 23.8 Å². The third-order valence-corrected chi connectivity index (χ3v) is 2.91.